The zero-order chi connectivity index (χ0) is 15.8. The molecule has 0 spiro atoms. The molecule has 0 fully saturated rings. The fourth-order valence-corrected chi connectivity index (χ4v) is 3.04. The van der Waals surface area contributed by atoms with Crippen LogP contribution in [0.5, 0.6) is 11.5 Å². The van der Waals surface area contributed by atoms with Crippen molar-refractivity contribution in [1.82, 2.24) is 15.3 Å². The van der Waals surface area contributed by atoms with Crippen molar-refractivity contribution in [1.29, 1.82) is 0 Å². The number of carbonyl (C=O) groups excluding carboxylic acids is 1. The van der Waals surface area contributed by atoms with Crippen LogP contribution >= 0.6 is 0 Å². The minimum atomic E-state index is -0.0928. The van der Waals surface area contributed by atoms with Crippen molar-refractivity contribution < 1.29 is 14.3 Å². The number of rotatable bonds is 2. The molecule has 2 aromatic rings. The van der Waals surface area contributed by atoms with Crippen molar-refractivity contribution in [2.24, 2.45) is 0 Å². The number of aryl methyl sites for hydroxylation is 2. The zero-order valence-electron chi connectivity index (χ0n) is 12.8. The highest BCUT2D eigenvalue weighted by molar-refractivity contribution is 5.95. The third kappa shape index (κ3) is 2.72. The fourth-order valence-electron chi connectivity index (χ4n) is 3.04. The summed E-state index contributed by atoms with van der Waals surface area (Å²) in [7, 11) is 0. The summed E-state index contributed by atoms with van der Waals surface area (Å²) in [5.41, 5.74) is 2.81. The Kier molecular flexibility index (Phi) is 3.37. The molecule has 1 aliphatic heterocycles. The molecule has 23 heavy (non-hydrogen) atoms. The number of aromatic nitrogens is 2. The first-order chi connectivity index (χ1) is 11.2. The Labute approximate surface area is 133 Å². The standard InChI is InChI=1S/C17H17N3O3/c1-10-18-8-12-6-13(3-4-14(12)19-10)20-17(21)11-2-5-15-16(7-11)23-9-22-15/h2,5,7-8,13H,3-4,6,9H2,1H3,(H,20,21)/t13-/m0/s1. The summed E-state index contributed by atoms with van der Waals surface area (Å²) in [6.07, 6.45) is 4.40. The van der Waals surface area contributed by atoms with Crippen LogP contribution in [-0.4, -0.2) is 28.7 Å². The van der Waals surface area contributed by atoms with E-state index in [0.29, 0.717) is 17.1 Å². The molecule has 4 rings (SSSR count). The summed E-state index contributed by atoms with van der Waals surface area (Å²) in [6.45, 7) is 2.10. The van der Waals surface area contributed by atoms with Gasteiger partial charge in [-0.25, -0.2) is 9.97 Å². The molecule has 0 saturated heterocycles. The van der Waals surface area contributed by atoms with Crippen molar-refractivity contribution >= 4 is 5.91 Å². The molecule has 1 N–H and O–H groups in total. The van der Waals surface area contributed by atoms with Gasteiger partial charge in [0, 0.05) is 23.5 Å². The molecule has 0 radical (unpaired) electrons. The van der Waals surface area contributed by atoms with Crippen LogP contribution in [0.3, 0.4) is 0 Å². The lowest BCUT2D eigenvalue weighted by Crippen LogP contribution is -2.39. The summed E-state index contributed by atoms with van der Waals surface area (Å²) in [5.74, 6) is 2.01. The van der Waals surface area contributed by atoms with Crippen LogP contribution in [0.25, 0.3) is 0 Å². The number of amides is 1. The number of hydrogen-bond acceptors (Lipinski definition) is 5. The third-order valence-corrected chi connectivity index (χ3v) is 4.24. The monoisotopic (exact) mass is 311 g/mol. The van der Waals surface area contributed by atoms with Crippen molar-refractivity contribution in [2.75, 3.05) is 6.79 Å². The van der Waals surface area contributed by atoms with Crippen molar-refractivity contribution in [3.8, 4) is 11.5 Å². The van der Waals surface area contributed by atoms with Gasteiger partial charge in [-0.1, -0.05) is 0 Å². The van der Waals surface area contributed by atoms with Crippen LogP contribution in [0, 0.1) is 6.92 Å². The summed E-state index contributed by atoms with van der Waals surface area (Å²) >= 11 is 0. The predicted molar refractivity (Wildman–Crippen MR) is 82.6 cm³/mol. The van der Waals surface area contributed by atoms with Gasteiger partial charge in [-0.15, -0.1) is 0 Å². The van der Waals surface area contributed by atoms with Crippen molar-refractivity contribution in [3.05, 3.63) is 47.0 Å². The molecule has 1 aromatic carbocycles. The molecule has 2 aliphatic rings. The number of benzene rings is 1. The Bertz CT molecular complexity index is 776. The van der Waals surface area contributed by atoms with E-state index in [9.17, 15) is 4.79 Å². The largest absolute Gasteiger partial charge is 0.454 e. The molecule has 1 atom stereocenters. The van der Waals surface area contributed by atoms with Gasteiger partial charge in [0.2, 0.25) is 6.79 Å². The molecule has 1 aromatic heterocycles. The number of nitrogens with zero attached hydrogens (tertiary/aromatic N) is 2. The molecule has 2 heterocycles. The Morgan fingerprint density at radius 2 is 2.17 bits per heavy atom. The maximum absolute atomic E-state index is 12.4. The Morgan fingerprint density at radius 3 is 3.09 bits per heavy atom. The van der Waals surface area contributed by atoms with E-state index in [-0.39, 0.29) is 18.7 Å². The van der Waals surface area contributed by atoms with Gasteiger partial charge >= 0.3 is 0 Å². The minimum absolute atomic E-state index is 0.0928. The lowest BCUT2D eigenvalue weighted by molar-refractivity contribution is 0.0933. The van der Waals surface area contributed by atoms with E-state index in [4.69, 9.17) is 9.47 Å². The molecule has 0 bridgehead atoms. The zero-order valence-corrected chi connectivity index (χ0v) is 12.8. The maximum atomic E-state index is 12.4. The van der Waals surface area contributed by atoms with Crippen LogP contribution in [-0.2, 0) is 12.8 Å². The van der Waals surface area contributed by atoms with Crippen LogP contribution in [0.15, 0.2) is 24.4 Å². The predicted octanol–water partition coefficient (Wildman–Crippen LogP) is 1.80. The van der Waals surface area contributed by atoms with E-state index in [2.05, 4.69) is 15.3 Å². The van der Waals surface area contributed by atoms with Gasteiger partial charge in [0.25, 0.3) is 5.91 Å². The maximum Gasteiger partial charge on any atom is 0.251 e. The quantitative estimate of drug-likeness (QED) is 0.915. The molecule has 1 aliphatic carbocycles. The number of hydrogen-bond donors (Lipinski definition) is 1. The van der Waals surface area contributed by atoms with Gasteiger partial charge in [-0.05, 0) is 49.9 Å². The first-order valence-electron chi connectivity index (χ1n) is 7.71. The van der Waals surface area contributed by atoms with Gasteiger partial charge in [0.15, 0.2) is 11.5 Å². The van der Waals surface area contributed by atoms with E-state index in [1.165, 1.54) is 0 Å². The van der Waals surface area contributed by atoms with E-state index >= 15 is 0 Å². The smallest absolute Gasteiger partial charge is 0.251 e. The number of ether oxygens (including phenoxy) is 2. The van der Waals surface area contributed by atoms with E-state index in [1.54, 1.807) is 18.2 Å². The SMILES string of the molecule is Cc1ncc2c(n1)CC[C@H](NC(=O)c1ccc3c(c1)OCO3)C2. The first kappa shape index (κ1) is 14.0. The topological polar surface area (TPSA) is 73.3 Å². The van der Waals surface area contributed by atoms with E-state index in [1.807, 2.05) is 13.1 Å². The van der Waals surface area contributed by atoms with Gasteiger partial charge < -0.3 is 14.8 Å². The molecule has 0 unspecified atom stereocenters. The second-order valence-electron chi connectivity index (χ2n) is 5.87. The van der Waals surface area contributed by atoms with Crippen LogP contribution < -0.4 is 14.8 Å². The highest BCUT2D eigenvalue weighted by Gasteiger charge is 2.23. The summed E-state index contributed by atoms with van der Waals surface area (Å²) in [6, 6.07) is 5.35. The second-order valence-corrected chi connectivity index (χ2v) is 5.87. The lowest BCUT2D eigenvalue weighted by atomic mass is 9.92. The third-order valence-electron chi connectivity index (χ3n) is 4.24. The number of fused-ring (bicyclic) bond motifs is 2. The van der Waals surface area contributed by atoms with Gasteiger partial charge in [0.1, 0.15) is 5.82 Å². The number of carbonyl (C=O) groups is 1. The molecular formula is C17H17N3O3. The summed E-state index contributed by atoms with van der Waals surface area (Å²) in [5, 5.41) is 3.09. The second kappa shape index (κ2) is 5.53. The number of nitrogens with one attached hydrogen (secondary N) is 1. The fraction of sp³-hybridized carbons (Fsp3) is 0.353. The molecule has 6 heteroatoms. The van der Waals surface area contributed by atoms with Gasteiger partial charge in [-0.3, -0.25) is 4.79 Å². The van der Waals surface area contributed by atoms with Crippen LogP contribution in [0.4, 0.5) is 0 Å². The average molecular weight is 311 g/mol. The molecule has 0 saturated carbocycles. The Morgan fingerprint density at radius 1 is 1.30 bits per heavy atom. The lowest BCUT2D eigenvalue weighted by Gasteiger charge is -2.24. The van der Waals surface area contributed by atoms with Gasteiger partial charge in [-0.2, -0.15) is 0 Å². The van der Waals surface area contributed by atoms with E-state index < -0.39 is 0 Å². The summed E-state index contributed by atoms with van der Waals surface area (Å²) < 4.78 is 10.6. The molecule has 6 nitrogen and oxygen atoms in total. The highest BCUT2D eigenvalue weighted by atomic mass is 16.7. The average Bonchev–Trinajstić information content (AvgIpc) is 3.02. The van der Waals surface area contributed by atoms with Crippen molar-refractivity contribution in [2.45, 2.75) is 32.2 Å². The van der Waals surface area contributed by atoms with Crippen LogP contribution in [0.1, 0.15) is 33.9 Å². The van der Waals surface area contributed by atoms with Crippen molar-refractivity contribution in [3.63, 3.8) is 0 Å². The summed E-state index contributed by atoms with van der Waals surface area (Å²) in [4.78, 5) is 21.2. The first-order valence-corrected chi connectivity index (χ1v) is 7.71. The minimum Gasteiger partial charge on any atom is -0.454 e. The molecule has 118 valence electrons. The normalized spacial score (nSPS) is 18.4. The van der Waals surface area contributed by atoms with Gasteiger partial charge in [0.05, 0.1) is 0 Å². The Balaban J connectivity index is 1.46. The van der Waals surface area contributed by atoms with Crippen LogP contribution in [0.2, 0.25) is 0 Å². The molecular weight excluding hydrogens is 294 g/mol. The Hall–Kier alpha value is -2.63. The molecule has 1 amide bonds. The van der Waals surface area contributed by atoms with E-state index in [0.717, 1.165) is 36.3 Å². The highest BCUT2D eigenvalue weighted by Crippen LogP contribution is 2.32.